The molecule has 0 aliphatic carbocycles. The van der Waals surface area contributed by atoms with Crippen LogP contribution in [0.4, 0.5) is 11.4 Å². The molecule has 0 fully saturated rings. The van der Waals surface area contributed by atoms with E-state index < -0.39 is 0 Å². The highest BCUT2D eigenvalue weighted by atomic mass is 79.9. The maximum absolute atomic E-state index is 10.1. The Balaban J connectivity index is 2.41. The van der Waals surface area contributed by atoms with Gasteiger partial charge in [0.15, 0.2) is 5.75 Å². The van der Waals surface area contributed by atoms with E-state index in [1.165, 1.54) is 0 Å². The first-order valence-corrected chi connectivity index (χ1v) is 7.17. The highest BCUT2D eigenvalue weighted by molar-refractivity contribution is 9.10. The van der Waals surface area contributed by atoms with Crippen LogP contribution in [0, 0.1) is 0 Å². The fourth-order valence-electron chi connectivity index (χ4n) is 1.70. The number of rotatable bonds is 2. The number of phenolic OH excluding ortho intramolecular Hbond substituents is 1. The summed E-state index contributed by atoms with van der Waals surface area (Å²) in [5.74, 6) is 0.109. The van der Waals surface area contributed by atoms with Crippen molar-refractivity contribution >= 4 is 27.3 Å². The maximum Gasteiger partial charge on any atom is 0.157 e. The Hall–Kier alpha value is -1.68. The summed E-state index contributed by atoms with van der Waals surface area (Å²) in [5.41, 5.74) is 2.29. The fraction of sp³-hybridized carbons (Fsp3) is 0.250. The van der Waals surface area contributed by atoms with E-state index in [0.717, 1.165) is 11.3 Å². The van der Waals surface area contributed by atoms with Gasteiger partial charge in [0.25, 0.3) is 0 Å². The molecule has 2 rings (SSSR count). The number of nitrogens with zero attached hydrogens (tertiary/aromatic N) is 2. The van der Waals surface area contributed by atoms with E-state index in [2.05, 4.69) is 46.9 Å². The van der Waals surface area contributed by atoms with E-state index in [0.29, 0.717) is 10.2 Å². The van der Waals surface area contributed by atoms with Gasteiger partial charge in [-0.25, -0.2) is 0 Å². The highest BCUT2D eigenvalue weighted by Gasteiger charge is 2.17. The Morgan fingerprint density at radius 3 is 2.25 bits per heavy atom. The van der Waals surface area contributed by atoms with Crippen LogP contribution in [0.25, 0.3) is 0 Å². The monoisotopic (exact) mass is 332 g/mol. The molecular formula is C16H17BrN2O. The van der Waals surface area contributed by atoms with Crippen molar-refractivity contribution in [3.8, 4) is 5.75 Å². The molecule has 3 nitrogen and oxygen atoms in total. The standard InChI is InChI=1S/C16H17BrN2O/c1-16(2,3)11-9-13(17)15(20)14(10-11)19-18-12-7-5-4-6-8-12/h4-10,20H,1-3H3. The Morgan fingerprint density at radius 2 is 1.65 bits per heavy atom. The van der Waals surface area contributed by atoms with Gasteiger partial charge < -0.3 is 5.11 Å². The molecule has 0 bridgehead atoms. The van der Waals surface area contributed by atoms with Crippen molar-refractivity contribution in [2.45, 2.75) is 26.2 Å². The largest absolute Gasteiger partial charge is 0.505 e. The Labute approximate surface area is 127 Å². The quantitative estimate of drug-likeness (QED) is 0.687. The van der Waals surface area contributed by atoms with E-state index in [-0.39, 0.29) is 11.2 Å². The van der Waals surface area contributed by atoms with Gasteiger partial charge in [-0.3, -0.25) is 0 Å². The zero-order valence-corrected chi connectivity index (χ0v) is 13.3. The third-order valence-electron chi connectivity index (χ3n) is 2.94. The lowest BCUT2D eigenvalue weighted by Crippen LogP contribution is -2.10. The highest BCUT2D eigenvalue weighted by Crippen LogP contribution is 2.39. The molecule has 0 spiro atoms. The van der Waals surface area contributed by atoms with Gasteiger partial charge in [0.1, 0.15) is 5.69 Å². The van der Waals surface area contributed by atoms with Gasteiger partial charge in [0.2, 0.25) is 0 Å². The van der Waals surface area contributed by atoms with Gasteiger partial charge in [-0.1, -0.05) is 39.0 Å². The lowest BCUT2D eigenvalue weighted by atomic mass is 9.87. The molecular weight excluding hydrogens is 316 g/mol. The van der Waals surface area contributed by atoms with Crippen LogP contribution >= 0.6 is 15.9 Å². The second-order valence-electron chi connectivity index (χ2n) is 5.61. The zero-order valence-electron chi connectivity index (χ0n) is 11.8. The molecule has 0 saturated heterocycles. The summed E-state index contributed by atoms with van der Waals surface area (Å²) in [5, 5.41) is 18.4. The minimum Gasteiger partial charge on any atom is -0.505 e. The molecule has 0 heterocycles. The number of hydrogen-bond donors (Lipinski definition) is 1. The average Bonchev–Trinajstić information content (AvgIpc) is 2.40. The molecule has 104 valence electrons. The summed E-state index contributed by atoms with van der Waals surface area (Å²) in [6.07, 6.45) is 0. The molecule has 0 atom stereocenters. The molecule has 0 saturated carbocycles. The molecule has 4 heteroatoms. The summed E-state index contributed by atoms with van der Waals surface area (Å²) in [6, 6.07) is 13.2. The average molecular weight is 333 g/mol. The lowest BCUT2D eigenvalue weighted by Gasteiger charge is -2.20. The first-order valence-electron chi connectivity index (χ1n) is 6.38. The summed E-state index contributed by atoms with van der Waals surface area (Å²) >= 11 is 3.36. The number of azo groups is 1. The van der Waals surface area contributed by atoms with Crippen LogP contribution in [0.3, 0.4) is 0 Å². The number of hydrogen-bond acceptors (Lipinski definition) is 3. The van der Waals surface area contributed by atoms with Crippen molar-refractivity contribution in [2.24, 2.45) is 10.2 Å². The normalized spacial score (nSPS) is 12.0. The van der Waals surface area contributed by atoms with Crippen LogP contribution in [-0.4, -0.2) is 5.11 Å². The molecule has 0 radical (unpaired) electrons. The van der Waals surface area contributed by atoms with Crippen molar-refractivity contribution in [3.63, 3.8) is 0 Å². The van der Waals surface area contributed by atoms with Crippen LogP contribution in [0.5, 0.6) is 5.75 Å². The summed E-state index contributed by atoms with van der Waals surface area (Å²) < 4.78 is 0.631. The smallest absolute Gasteiger partial charge is 0.157 e. The lowest BCUT2D eigenvalue weighted by molar-refractivity contribution is 0.471. The molecule has 20 heavy (non-hydrogen) atoms. The fourth-order valence-corrected chi connectivity index (χ4v) is 2.15. The Morgan fingerprint density at radius 1 is 1.00 bits per heavy atom. The van der Waals surface area contributed by atoms with Gasteiger partial charge in [0.05, 0.1) is 10.2 Å². The second-order valence-corrected chi connectivity index (χ2v) is 6.47. The molecule has 2 aromatic rings. The third kappa shape index (κ3) is 3.45. The van der Waals surface area contributed by atoms with Gasteiger partial charge in [-0.05, 0) is 51.2 Å². The SMILES string of the molecule is CC(C)(C)c1cc(Br)c(O)c(N=Nc2ccccc2)c1. The molecule has 0 amide bonds. The minimum atomic E-state index is -0.0206. The first-order chi connectivity index (χ1) is 9.38. The second kappa shape index (κ2) is 5.75. The van der Waals surface area contributed by atoms with Gasteiger partial charge in [0, 0.05) is 0 Å². The van der Waals surface area contributed by atoms with Gasteiger partial charge in [-0.15, -0.1) is 5.11 Å². The van der Waals surface area contributed by atoms with Crippen LogP contribution < -0.4 is 0 Å². The zero-order chi connectivity index (χ0) is 14.8. The van der Waals surface area contributed by atoms with Crippen molar-refractivity contribution in [1.82, 2.24) is 0 Å². The number of phenols is 1. The van der Waals surface area contributed by atoms with Crippen molar-refractivity contribution in [2.75, 3.05) is 0 Å². The molecule has 0 unspecified atom stereocenters. The number of aromatic hydroxyl groups is 1. The maximum atomic E-state index is 10.1. The van der Waals surface area contributed by atoms with E-state index >= 15 is 0 Å². The molecule has 0 aliphatic rings. The van der Waals surface area contributed by atoms with Crippen LogP contribution in [0.2, 0.25) is 0 Å². The topological polar surface area (TPSA) is 45.0 Å². The predicted molar refractivity (Wildman–Crippen MR) is 85.1 cm³/mol. The van der Waals surface area contributed by atoms with E-state index in [1.54, 1.807) is 0 Å². The summed E-state index contributed by atoms with van der Waals surface area (Å²) in [7, 11) is 0. The third-order valence-corrected chi connectivity index (χ3v) is 3.54. The number of benzene rings is 2. The van der Waals surface area contributed by atoms with Crippen LogP contribution in [-0.2, 0) is 5.41 Å². The molecule has 0 aliphatic heterocycles. The van der Waals surface area contributed by atoms with E-state index in [1.807, 2.05) is 42.5 Å². The van der Waals surface area contributed by atoms with Gasteiger partial charge >= 0.3 is 0 Å². The van der Waals surface area contributed by atoms with Crippen molar-refractivity contribution < 1.29 is 5.11 Å². The summed E-state index contributed by atoms with van der Waals surface area (Å²) in [4.78, 5) is 0. The molecule has 2 aromatic carbocycles. The minimum absolute atomic E-state index is 0.0206. The Kier molecular flexibility index (Phi) is 4.23. The molecule has 1 N–H and O–H groups in total. The molecule has 0 aromatic heterocycles. The predicted octanol–water partition coefficient (Wildman–Crippen LogP) is 5.87. The Bertz CT molecular complexity index is 631. The van der Waals surface area contributed by atoms with E-state index in [9.17, 15) is 5.11 Å². The number of halogens is 1. The van der Waals surface area contributed by atoms with Crippen LogP contribution in [0.15, 0.2) is 57.2 Å². The van der Waals surface area contributed by atoms with Crippen molar-refractivity contribution in [3.05, 3.63) is 52.5 Å². The van der Waals surface area contributed by atoms with Gasteiger partial charge in [-0.2, -0.15) is 5.11 Å². The van der Waals surface area contributed by atoms with Crippen LogP contribution in [0.1, 0.15) is 26.3 Å². The summed E-state index contributed by atoms with van der Waals surface area (Å²) in [6.45, 7) is 6.35. The van der Waals surface area contributed by atoms with Crippen molar-refractivity contribution in [1.29, 1.82) is 0 Å². The van der Waals surface area contributed by atoms with E-state index in [4.69, 9.17) is 0 Å². The first kappa shape index (κ1) is 14.7.